The van der Waals surface area contributed by atoms with Crippen molar-refractivity contribution in [2.24, 2.45) is 5.92 Å². The first kappa shape index (κ1) is 20.1. The molecule has 0 unspecified atom stereocenters. The van der Waals surface area contributed by atoms with E-state index < -0.39 is 0 Å². The summed E-state index contributed by atoms with van der Waals surface area (Å²) in [6.45, 7) is 5.96. The molecule has 5 nitrogen and oxygen atoms in total. The lowest BCUT2D eigenvalue weighted by atomic mass is 9.87. The minimum atomic E-state index is -0.00750. The van der Waals surface area contributed by atoms with Crippen LogP contribution in [0.2, 0.25) is 0 Å². The number of benzene rings is 2. The molecule has 0 N–H and O–H groups in total. The maximum atomic E-state index is 12.9. The van der Waals surface area contributed by atoms with Crippen molar-refractivity contribution in [2.75, 3.05) is 13.1 Å². The van der Waals surface area contributed by atoms with Crippen LogP contribution in [0.1, 0.15) is 50.2 Å². The molecule has 4 rings (SSSR count). The zero-order valence-electron chi connectivity index (χ0n) is 17.5. The first-order valence-electron chi connectivity index (χ1n) is 10.5. The summed E-state index contributed by atoms with van der Waals surface area (Å²) >= 11 is 0. The highest BCUT2D eigenvalue weighted by Gasteiger charge is 2.29. The van der Waals surface area contributed by atoms with Crippen LogP contribution < -0.4 is 0 Å². The molecule has 0 spiro atoms. The Balaban J connectivity index is 1.35. The topological polar surface area (TPSA) is 55.2 Å². The Bertz CT molecular complexity index is 1030. The van der Waals surface area contributed by atoms with Crippen molar-refractivity contribution in [1.82, 2.24) is 14.7 Å². The van der Waals surface area contributed by atoms with E-state index in [1.807, 2.05) is 72.1 Å². The molecule has 3 aromatic rings. The van der Waals surface area contributed by atoms with Crippen LogP contribution in [-0.2, 0) is 6.54 Å². The molecular weight excluding hydrogens is 374 g/mol. The summed E-state index contributed by atoms with van der Waals surface area (Å²) in [5, 5.41) is 4.21. The molecule has 0 saturated carbocycles. The van der Waals surface area contributed by atoms with Gasteiger partial charge in [0.05, 0.1) is 6.54 Å². The van der Waals surface area contributed by atoms with E-state index in [2.05, 4.69) is 11.2 Å². The number of Topliss-reactive ketones (excluding diaryl/α,β-unsaturated/α-hetero) is 1. The van der Waals surface area contributed by atoms with Gasteiger partial charge in [-0.15, -0.1) is 0 Å². The number of ketones is 1. The maximum absolute atomic E-state index is 12.9. The van der Waals surface area contributed by atoms with Crippen LogP contribution in [0.25, 0.3) is 0 Å². The minimum absolute atomic E-state index is 0.00750. The van der Waals surface area contributed by atoms with Crippen LogP contribution in [0, 0.1) is 19.8 Å². The normalized spacial score (nSPS) is 14.7. The molecule has 154 valence electrons. The van der Waals surface area contributed by atoms with E-state index in [0.29, 0.717) is 25.2 Å². The van der Waals surface area contributed by atoms with Gasteiger partial charge < -0.3 is 4.90 Å². The summed E-state index contributed by atoms with van der Waals surface area (Å²) in [6.07, 6.45) is 5.11. The van der Waals surface area contributed by atoms with E-state index >= 15 is 0 Å². The molecule has 1 aromatic heterocycles. The number of hydrogen-bond donors (Lipinski definition) is 0. The summed E-state index contributed by atoms with van der Waals surface area (Å²) in [7, 11) is 0. The largest absolute Gasteiger partial charge is 0.339 e. The van der Waals surface area contributed by atoms with Crippen molar-refractivity contribution in [3.63, 3.8) is 0 Å². The predicted molar refractivity (Wildman–Crippen MR) is 117 cm³/mol. The van der Waals surface area contributed by atoms with Crippen molar-refractivity contribution in [2.45, 2.75) is 33.2 Å². The molecular formula is C25H27N3O2. The quantitative estimate of drug-likeness (QED) is 0.600. The lowest BCUT2D eigenvalue weighted by Gasteiger charge is -2.31. The van der Waals surface area contributed by atoms with Gasteiger partial charge in [-0.3, -0.25) is 14.3 Å². The predicted octanol–water partition coefficient (Wildman–Crippen LogP) is 4.28. The smallest absolute Gasteiger partial charge is 0.253 e. The molecule has 1 aliphatic heterocycles. The molecule has 0 bridgehead atoms. The number of aryl methyl sites for hydroxylation is 2. The van der Waals surface area contributed by atoms with Crippen LogP contribution >= 0.6 is 0 Å². The van der Waals surface area contributed by atoms with Crippen molar-refractivity contribution >= 4 is 11.7 Å². The van der Waals surface area contributed by atoms with Gasteiger partial charge in [-0.05, 0) is 56.0 Å². The van der Waals surface area contributed by atoms with Gasteiger partial charge in [-0.2, -0.15) is 5.10 Å². The average Bonchev–Trinajstić information content (AvgIpc) is 3.26. The highest BCUT2D eigenvalue weighted by Crippen LogP contribution is 2.25. The highest BCUT2D eigenvalue weighted by molar-refractivity contribution is 5.99. The Labute approximate surface area is 177 Å². The maximum Gasteiger partial charge on any atom is 0.253 e. The van der Waals surface area contributed by atoms with Crippen LogP contribution in [0.5, 0.6) is 0 Å². The first-order chi connectivity index (χ1) is 14.5. The van der Waals surface area contributed by atoms with Gasteiger partial charge in [0.2, 0.25) is 0 Å². The van der Waals surface area contributed by atoms with Gasteiger partial charge in [-0.1, -0.05) is 35.9 Å². The Morgan fingerprint density at radius 2 is 1.77 bits per heavy atom. The zero-order valence-corrected chi connectivity index (χ0v) is 17.5. The first-order valence-corrected chi connectivity index (χ1v) is 10.5. The average molecular weight is 402 g/mol. The Hall–Kier alpha value is -3.21. The van der Waals surface area contributed by atoms with Gasteiger partial charge in [0.25, 0.3) is 5.91 Å². The molecule has 2 heterocycles. The summed E-state index contributed by atoms with van der Waals surface area (Å²) in [4.78, 5) is 27.7. The van der Waals surface area contributed by atoms with Gasteiger partial charge in [0.15, 0.2) is 5.78 Å². The fraction of sp³-hybridized carbons (Fsp3) is 0.320. The van der Waals surface area contributed by atoms with Crippen LogP contribution in [0.15, 0.2) is 60.9 Å². The number of hydrogen-bond acceptors (Lipinski definition) is 3. The van der Waals surface area contributed by atoms with E-state index in [9.17, 15) is 9.59 Å². The lowest BCUT2D eigenvalue weighted by Crippen LogP contribution is -2.40. The summed E-state index contributed by atoms with van der Waals surface area (Å²) < 4.78 is 1.86. The lowest BCUT2D eigenvalue weighted by molar-refractivity contribution is 0.0650. The summed E-state index contributed by atoms with van der Waals surface area (Å²) in [5.41, 5.74) is 4.82. The van der Waals surface area contributed by atoms with Crippen molar-refractivity contribution in [1.29, 1.82) is 0 Å². The summed E-state index contributed by atoms with van der Waals surface area (Å²) in [5.74, 6) is 0.243. The van der Waals surface area contributed by atoms with Crippen molar-refractivity contribution < 1.29 is 9.59 Å². The monoisotopic (exact) mass is 401 g/mol. The Morgan fingerprint density at radius 1 is 1.03 bits per heavy atom. The molecule has 1 aliphatic rings. The Morgan fingerprint density at radius 3 is 2.40 bits per heavy atom. The van der Waals surface area contributed by atoms with E-state index in [0.717, 1.165) is 29.5 Å². The SMILES string of the molecule is Cc1ccc(C(=O)C2CCN(C(=O)c3ccc(Cn4cccn4)cc3)CC2)c(C)c1. The zero-order chi connectivity index (χ0) is 21.1. The van der Waals surface area contributed by atoms with Crippen LogP contribution in [0.4, 0.5) is 0 Å². The van der Waals surface area contributed by atoms with Gasteiger partial charge in [0, 0.05) is 42.5 Å². The fourth-order valence-corrected chi connectivity index (χ4v) is 4.17. The van der Waals surface area contributed by atoms with Gasteiger partial charge in [0.1, 0.15) is 0 Å². The van der Waals surface area contributed by atoms with E-state index in [-0.39, 0.29) is 17.6 Å². The number of rotatable bonds is 5. The number of carbonyl (C=O) groups is 2. The van der Waals surface area contributed by atoms with Gasteiger partial charge >= 0.3 is 0 Å². The molecule has 0 aliphatic carbocycles. The van der Waals surface area contributed by atoms with Crippen LogP contribution in [-0.4, -0.2) is 39.5 Å². The fourth-order valence-electron chi connectivity index (χ4n) is 4.17. The van der Waals surface area contributed by atoms with Crippen molar-refractivity contribution in [3.8, 4) is 0 Å². The van der Waals surface area contributed by atoms with E-state index in [1.165, 1.54) is 5.56 Å². The number of amides is 1. The second-order valence-corrected chi connectivity index (χ2v) is 8.15. The second-order valence-electron chi connectivity index (χ2n) is 8.15. The van der Waals surface area contributed by atoms with E-state index in [1.54, 1.807) is 6.20 Å². The molecule has 0 atom stereocenters. The number of nitrogens with zero attached hydrogens (tertiary/aromatic N) is 3. The minimum Gasteiger partial charge on any atom is -0.339 e. The van der Waals surface area contributed by atoms with E-state index in [4.69, 9.17) is 0 Å². The number of likely N-dealkylation sites (tertiary alicyclic amines) is 1. The van der Waals surface area contributed by atoms with Crippen molar-refractivity contribution in [3.05, 3.63) is 88.7 Å². The number of piperidine rings is 1. The summed E-state index contributed by atoms with van der Waals surface area (Å²) in [6, 6.07) is 15.6. The third-order valence-electron chi connectivity index (χ3n) is 5.90. The molecule has 30 heavy (non-hydrogen) atoms. The molecule has 5 heteroatoms. The number of carbonyl (C=O) groups excluding carboxylic acids is 2. The number of aromatic nitrogens is 2. The van der Waals surface area contributed by atoms with Crippen LogP contribution in [0.3, 0.4) is 0 Å². The standard InChI is InChI=1S/C25H27N3O2/c1-18-4-9-23(19(2)16-18)24(29)21-10-14-27(15-11-21)25(30)22-7-5-20(6-8-22)17-28-13-3-12-26-28/h3-9,12-13,16,21H,10-11,14-15,17H2,1-2H3. The molecule has 2 aromatic carbocycles. The second kappa shape index (κ2) is 8.66. The molecule has 1 fully saturated rings. The highest BCUT2D eigenvalue weighted by atomic mass is 16.2. The third kappa shape index (κ3) is 4.35. The molecule has 1 amide bonds. The molecule has 1 saturated heterocycles. The Kier molecular flexibility index (Phi) is 5.79. The third-order valence-corrected chi connectivity index (χ3v) is 5.90. The molecule has 0 radical (unpaired) electrons. The van der Waals surface area contributed by atoms with Gasteiger partial charge in [-0.25, -0.2) is 0 Å².